The van der Waals surface area contributed by atoms with Crippen LogP contribution in [0.25, 0.3) is 10.9 Å². The van der Waals surface area contributed by atoms with Crippen molar-refractivity contribution >= 4 is 40.0 Å². The number of fused-ring (bicyclic) bond motifs is 3. The van der Waals surface area contributed by atoms with Crippen molar-refractivity contribution in [1.29, 1.82) is 0 Å². The maximum Gasteiger partial charge on any atom is 0.254 e. The Balaban J connectivity index is 1.69. The summed E-state index contributed by atoms with van der Waals surface area (Å²) in [6.07, 6.45) is 0.710. The highest BCUT2D eigenvalue weighted by atomic mass is 35.5. The van der Waals surface area contributed by atoms with Crippen LogP contribution >= 0.6 is 23.2 Å². The van der Waals surface area contributed by atoms with Gasteiger partial charge in [-0.2, -0.15) is 0 Å². The van der Waals surface area contributed by atoms with Crippen LogP contribution in [-0.4, -0.2) is 27.4 Å². The molecule has 0 fully saturated rings. The van der Waals surface area contributed by atoms with Crippen molar-refractivity contribution in [2.45, 2.75) is 13.0 Å². The topological polar surface area (TPSA) is 56.3 Å². The van der Waals surface area contributed by atoms with Gasteiger partial charge in [0.05, 0.1) is 12.1 Å². The first kappa shape index (κ1) is 15.4. The predicted molar refractivity (Wildman–Crippen MR) is 94.9 cm³/mol. The summed E-state index contributed by atoms with van der Waals surface area (Å²) >= 11 is 12.0. The second-order valence-corrected chi connectivity index (χ2v) is 6.79. The van der Waals surface area contributed by atoms with Crippen molar-refractivity contribution in [3.8, 4) is 5.75 Å². The fourth-order valence-electron chi connectivity index (χ4n) is 3.27. The van der Waals surface area contributed by atoms with Crippen LogP contribution in [0.3, 0.4) is 0 Å². The molecular weight excluding hydrogens is 347 g/mol. The average Bonchev–Trinajstić information content (AvgIpc) is 2.92. The SMILES string of the molecule is O=C(c1cccc(Cl)c1)N1CCc2c([nH]c3c(O)cc(Cl)cc23)C1. The maximum absolute atomic E-state index is 12.7. The molecule has 3 aromatic rings. The number of aromatic hydroxyl groups is 1. The van der Waals surface area contributed by atoms with E-state index in [9.17, 15) is 9.90 Å². The molecule has 24 heavy (non-hydrogen) atoms. The maximum atomic E-state index is 12.7. The molecule has 0 bridgehead atoms. The Kier molecular flexibility index (Phi) is 3.66. The quantitative estimate of drug-likeness (QED) is 0.676. The van der Waals surface area contributed by atoms with Crippen LogP contribution < -0.4 is 0 Å². The Hall–Kier alpha value is -2.17. The number of H-pyrrole nitrogens is 1. The Morgan fingerprint density at radius 2 is 2.00 bits per heavy atom. The number of carbonyl (C=O) groups is 1. The second kappa shape index (κ2) is 5.72. The molecule has 122 valence electrons. The van der Waals surface area contributed by atoms with Gasteiger partial charge in [-0.25, -0.2) is 0 Å². The number of hydrogen-bond acceptors (Lipinski definition) is 2. The van der Waals surface area contributed by atoms with E-state index in [2.05, 4.69) is 4.98 Å². The van der Waals surface area contributed by atoms with Gasteiger partial charge >= 0.3 is 0 Å². The fraction of sp³-hybridized carbons (Fsp3) is 0.167. The van der Waals surface area contributed by atoms with E-state index in [0.29, 0.717) is 40.6 Å². The molecule has 1 aromatic heterocycles. The molecular formula is C18H14Cl2N2O2. The van der Waals surface area contributed by atoms with Crippen LogP contribution in [-0.2, 0) is 13.0 Å². The van der Waals surface area contributed by atoms with E-state index in [4.69, 9.17) is 23.2 Å². The number of phenolic OH excluding ortho intramolecular Hbond substituents is 1. The molecule has 1 aliphatic rings. The molecule has 2 aromatic carbocycles. The first-order valence-electron chi connectivity index (χ1n) is 7.59. The summed E-state index contributed by atoms with van der Waals surface area (Å²) in [6.45, 7) is 1.07. The minimum atomic E-state index is -0.0518. The number of amides is 1. The molecule has 1 amide bonds. The molecule has 0 saturated heterocycles. The third kappa shape index (κ3) is 2.52. The highest BCUT2D eigenvalue weighted by Crippen LogP contribution is 2.35. The summed E-state index contributed by atoms with van der Waals surface area (Å²) in [4.78, 5) is 17.7. The lowest BCUT2D eigenvalue weighted by Gasteiger charge is -2.27. The highest BCUT2D eigenvalue weighted by molar-refractivity contribution is 6.31. The van der Waals surface area contributed by atoms with E-state index in [1.807, 2.05) is 6.07 Å². The minimum Gasteiger partial charge on any atom is -0.506 e. The Bertz CT molecular complexity index is 965. The predicted octanol–water partition coefficient (Wildman–Crippen LogP) is 4.38. The first-order valence-corrected chi connectivity index (χ1v) is 8.35. The zero-order valence-corrected chi connectivity index (χ0v) is 14.2. The van der Waals surface area contributed by atoms with Gasteiger partial charge in [-0.3, -0.25) is 4.79 Å². The van der Waals surface area contributed by atoms with Gasteiger partial charge in [0, 0.05) is 39.3 Å². The number of rotatable bonds is 1. The summed E-state index contributed by atoms with van der Waals surface area (Å²) in [7, 11) is 0. The van der Waals surface area contributed by atoms with Crippen LogP contribution in [0.1, 0.15) is 21.6 Å². The molecule has 0 atom stereocenters. The number of aromatic amines is 1. The van der Waals surface area contributed by atoms with Gasteiger partial charge in [-0.15, -0.1) is 0 Å². The lowest BCUT2D eigenvalue weighted by atomic mass is 10.0. The fourth-order valence-corrected chi connectivity index (χ4v) is 3.67. The zero-order chi connectivity index (χ0) is 16.8. The Labute approximate surface area is 148 Å². The van der Waals surface area contributed by atoms with E-state index in [0.717, 1.165) is 16.6 Å². The smallest absolute Gasteiger partial charge is 0.254 e. The van der Waals surface area contributed by atoms with Crippen LogP contribution in [0.5, 0.6) is 5.75 Å². The van der Waals surface area contributed by atoms with E-state index in [1.54, 1.807) is 29.2 Å². The number of hydrogen-bond donors (Lipinski definition) is 2. The van der Waals surface area contributed by atoms with Gasteiger partial charge in [-0.05, 0) is 36.2 Å². The van der Waals surface area contributed by atoms with Crippen molar-refractivity contribution in [1.82, 2.24) is 9.88 Å². The summed E-state index contributed by atoms with van der Waals surface area (Å²) in [6, 6.07) is 10.3. The Morgan fingerprint density at radius 1 is 1.17 bits per heavy atom. The van der Waals surface area contributed by atoms with Crippen LogP contribution in [0, 0.1) is 0 Å². The van der Waals surface area contributed by atoms with Crippen molar-refractivity contribution in [2.75, 3.05) is 6.54 Å². The molecule has 4 rings (SSSR count). The highest BCUT2D eigenvalue weighted by Gasteiger charge is 2.25. The molecule has 0 spiro atoms. The van der Waals surface area contributed by atoms with Gasteiger partial charge in [0.2, 0.25) is 0 Å². The van der Waals surface area contributed by atoms with Crippen molar-refractivity contribution in [3.63, 3.8) is 0 Å². The number of halogens is 2. The summed E-state index contributed by atoms with van der Waals surface area (Å²) < 4.78 is 0. The molecule has 1 aliphatic heterocycles. The normalized spacial score (nSPS) is 14.0. The van der Waals surface area contributed by atoms with Gasteiger partial charge in [-0.1, -0.05) is 29.3 Å². The number of nitrogens with zero attached hydrogens (tertiary/aromatic N) is 1. The molecule has 0 aliphatic carbocycles. The second-order valence-electron chi connectivity index (χ2n) is 5.92. The minimum absolute atomic E-state index is 0.0518. The molecule has 2 heterocycles. The average molecular weight is 361 g/mol. The van der Waals surface area contributed by atoms with E-state index in [-0.39, 0.29) is 11.7 Å². The van der Waals surface area contributed by atoms with Gasteiger partial charge in [0.15, 0.2) is 0 Å². The van der Waals surface area contributed by atoms with E-state index < -0.39 is 0 Å². The number of phenols is 1. The number of nitrogens with one attached hydrogen (secondary N) is 1. The van der Waals surface area contributed by atoms with Crippen molar-refractivity contribution < 1.29 is 9.90 Å². The number of benzene rings is 2. The lowest BCUT2D eigenvalue weighted by Crippen LogP contribution is -2.35. The number of aromatic nitrogens is 1. The van der Waals surface area contributed by atoms with E-state index >= 15 is 0 Å². The molecule has 0 radical (unpaired) electrons. The van der Waals surface area contributed by atoms with E-state index in [1.165, 1.54) is 6.07 Å². The zero-order valence-electron chi connectivity index (χ0n) is 12.6. The van der Waals surface area contributed by atoms with Crippen LogP contribution in [0.15, 0.2) is 36.4 Å². The van der Waals surface area contributed by atoms with Crippen molar-refractivity contribution in [3.05, 3.63) is 63.3 Å². The molecule has 2 N–H and O–H groups in total. The largest absolute Gasteiger partial charge is 0.506 e. The number of carbonyl (C=O) groups excluding carboxylic acids is 1. The van der Waals surface area contributed by atoms with Crippen LogP contribution in [0.4, 0.5) is 0 Å². The standard InChI is InChI=1S/C18H14Cl2N2O2/c19-11-3-1-2-10(6-11)18(24)22-5-4-13-14-7-12(20)8-16(23)17(14)21-15(13)9-22/h1-3,6-8,21,23H,4-5,9H2. The first-order chi connectivity index (χ1) is 11.5. The van der Waals surface area contributed by atoms with Gasteiger partial charge in [0.25, 0.3) is 5.91 Å². The summed E-state index contributed by atoms with van der Waals surface area (Å²) in [5.41, 5.74) is 3.29. The monoisotopic (exact) mass is 360 g/mol. The third-order valence-electron chi connectivity index (χ3n) is 4.39. The molecule has 0 saturated carbocycles. The molecule has 4 nitrogen and oxygen atoms in total. The van der Waals surface area contributed by atoms with Gasteiger partial charge < -0.3 is 15.0 Å². The summed E-state index contributed by atoms with van der Waals surface area (Å²) in [5, 5.41) is 12.0. The van der Waals surface area contributed by atoms with Crippen LogP contribution in [0.2, 0.25) is 10.0 Å². The third-order valence-corrected chi connectivity index (χ3v) is 4.84. The lowest BCUT2D eigenvalue weighted by molar-refractivity contribution is 0.0733. The Morgan fingerprint density at radius 3 is 2.79 bits per heavy atom. The molecule has 6 heteroatoms. The summed E-state index contributed by atoms with van der Waals surface area (Å²) in [5.74, 6) is 0.0729. The van der Waals surface area contributed by atoms with Gasteiger partial charge in [0.1, 0.15) is 5.75 Å². The molecule has 0 unspecified atom stereocenters. The van der Waals surface area contributed by atoms with Crippen molar-refractivity contribution in [2.24, 2.45) is 0 Å².